The molecule has 3 aromatic rings. The fourth-order valence-corrected chi connectivity index (χ4v) is 3.24. The standard InChI is InChI=1S/C15H15N5O4S2/c16-26(22,23)20-11-4-1-3-10(9-11)17-13(21)6-7-14-18-15(19-24-14)12-5-2-8-25-12/h1-5,8-9,20H,6-7H2,(H,17,21)(H2,16,22,23). The first kappa shape index (κ1) is 18.0. The Bertz CT molecular complexity index is 999. The lowest BCUT2D eigenvalue weighted by Crippen LogP contribution is -2.21. The molecule has 3 rings (SSSR count). The van der Waals surface area contributed by atoms with E-state index in [1.54, 1.807) is 12.1 Å². The molecule has 0 aliphatic heterocycles. The van der Waals surface area contributed by atoms with E-state index in [0.29, 0.717) is 23.8 Å². The van der Waals surface area contributed by atoms with Gasteiger partial charge in [-0.3, -0.25) is 9.52 Å². The minimum atomic E-state index is -3.87. The predicted molar refractivity (Wildman–Crippen MR) is 97.7 cm³/mol. The summed E-state index contributed by atoms with van der Waals surface area (Å²) in [6.07, 6.45) is 0.429. The molecule has 0 unspecified atom stereocenters. The summed E-state index contributed by atoms with van der Waals surface area (Å²) in [6, 6.07) is 9.98. The van der Waals surface area contributed by atoms with Gasteiger partial charge in [0.1, 0.15) is 0 Å². The minimum absolute atomic E-state index is 0.138. The molecule has 0 fully saturated rings. The molecule has 0 aliphatic rings. The summed E-state index contributed by atoms with van der Waals surface area (Å²) in [7, 11) is -3.87. The summed E-state index contributed by atoms with van der Waals surface area (Å²) < 4.78 is 29.3. The molecule has 9 nitrogen and oxygen atoms in total. The quantitative estimate of drug-likeness (QED) is 0.561. The number of nitrogens with one attached hydrogen (secondary N) is 2. The van der Waals surface area contributed by atoms with Gasteiger partial charge in [-0.05, 0) is 29.6 Å². The van der Waals surface area contributed by atoms with E-state index in [2.05, 4.69) is 20.2 Å². The van der Waals surface area contributed by atoms with Gasteiger partial charge in [0.25, 0.3) is 10.2 Å². The van der Waals surface area contributed by atoms with Gasteiger partial charge in [-0.2, -0.15) is 13.4 Å². The molecule has 1 amide bonds. The van der Waals surface area contributed by atoms with Crippen LogP contribution < -0.4 is 15.2 Å². The summed E-state index contributed by atoms with van der Waals surface area (Å²) in [6.45, 7) is 0. The van der Waals surface area contributed by atoms with Gasteiger partial charge in [0, 0.05) is 18.5 Å². The molecule has 2 aromatic heterocycles. The number of anilines is 2. The molecule has 0 aliphatic carbocycles. The number of thiophene rings is 1. The zero-order valence-corrected chi connectivity index (χ0v) is 15.0. The van der Waals surface area contributed by atoms with Crippen LogP contribution in [0.5, 0.6) is 0 Å². The normalized spacial score (nSPS) is 11.3. The van der Waals surface area contributed by atoms with E-state index in [4.69, 9.17) is 9.66 Å². The second-order valence-corrected chi connectivity index (χ2v) is 7.51. The molecule has 2 heterocycles. The first-order chi connectivity index (χ1) is 12.4. The molecule has 0 bridgehead atoms. The topological polar surface area (TPSA) is 140 Å². The van der Waals surface area contributed by atoms with Crippen molar-refractivity contribution in [2.45, 2.75) is 12.8 Å². The van der Waals surface area contributed by atoms with Crippen LogP contribution in [0.4, 0.5) is 11.4 Å². The number of carbonyl (C=O) groups excluding carboxylic acids is 1. The maximum Gasteiger partial charge on any atom is 0.296 e. The van der Waals surface area contributed by atoms with Crippen molar-refractivity contribution in [2.24, 2.45) is 5.14 Å². The van der Waals surface area contributed by atoms with Crippen molar-refractivity contribution in [1.82, 2.24) is 10.1 Å². The van der Waals surface area contributed by atoms with Gasteiger partial charge in [-0.25, -0.2) is 5.14 Å². The number of nitrogens with two attached hydrogens (primary N) is 1. The Morgan fingerprint density at radius 1 is 1.23 bits per heavy atom. The average molecular weight is 393 g/mol. The van der Waals surface area contributed by atoms with Crippen LogP contribution in [-0.2, 0) is 21.4 Å². The van der Waals surface area contributed by atoms with E-state index < -0.39 is 10.2 Å². The third-order valence-electron chi connectivity index (χ3n) is 3.18. The van der Waals surface area contributed by atoms with Gasteiger partial charge in [0.05, 0.1) is 10.6 Å². The number of aryl methyl sites for hydroxylation is 1. The first-order valence-electron chi connectivity index (χ1n) is 7.46. The highest BCUT2D eigenvalue weighted by Gasteiger charge is 2.12. The molecule has 26 heavy (non-hydrogen) atoms. The zero-order valence-electron chi connectivity index (χ0n) is 13.4. The van der Waals surface area contributed by atoms with E-state index >= 15 is 0 Å². The molecule has 0 spiro atoms. The smallest absolute Gasteiger partial charge is 0.296 e. The van der Waals surface area contributed by atoms with E-state index in [0.717, 1.165) is 4.88 Å². The van der Waals surface area contributed by atoms with Crippen LogP contribution in [-0.4, -0.2) is 24.5 Å². The third-order valence-corrected chi connectivity index (χ3v) is 4.57. The first-order valence-corrected chi connectivity index (χ1v) is 9.88. The van der Waals surface area contributed by atoms with E-state index in [1.807, 2.05) is 17.5 Å². The lowest BCUT2D eigenvalue weighted by Gasteiger charge is -2.07. The largest absolute Gasteiger partial charge is 0.339 e. The molecular formula is C15H15N5O4S2. The Hall–Kier alpha value is -2.76. The van der Waals surface area contributed by atoms with Gasteiger partial charge in [-0.1, -0.05) is 17.3 Å². The number of hydrogen-bond acceptors (Lipinski definition) is 7. The number of rotatable bonds is 7. The number of amides is 1. The van der Waals surface area contributed by atoms with Crippen LogP contribution in [0.15, 0.2) is 46.3 Å². The monoisotopic (exact) mass is 393 g/mol. The van der Waals surface area contributed by atoms with E-state index in [1.165, 1.54) is 23.5 Å². The second kappa shape index (κ2) is 7.64. The molecular weight excluding hydrogens is 378 g/mol. The maximum absolute atomic E-state index is 12.1. The molecule has 136 valence electrons. The van der Waals surface area contributed by atoms with Crippen LogP contribution in [0.25, 0.3) is 10.7 Å². The van der Waals surface area contributed by atoms with Crippen molar-refractivity contribution in [3.05, 3.63) is 47.7 Å². The highest BCUT2D eigenvalue weighted by atomic mass is 32.2. The molecule has 0 saturated heterocycles. The summed E-state index contributed by atoms with van der Waals surface area (Å²) in [4.78, 5) is 17.2. The number of hydrogen-bond donors (Lipinski definition) is 3. The number of aromatic nitrogens is 2. The Labute approximate surface area is 153 Å². The van der Waals surface area contributed by atoms with Crippen molar-refractivity contribution in [3.8, 4) is 10.7 Å². The molecule has 4 N–H and O–H groups in total. The van der Waals surface area contributed by atoms with Gasteiger partial charge >= 0.3 is 0 Å². The van der Waals surface area contributed by atoms with E-state index in [-0.39, 0.29) is 18.0 Å². The van der Waals surface area contributed by atoms with Crippen molar-refractivity contribution < 1.29 is 17.7 Å². The van der Waals surface area contributed by atoms with Gasteiger partial charge in [-0.15, -0.1) is 11.3 Å². The Morgan fingerprint density at radius 2 is 2.04 bits per heavy atom. The van der Waals surface area contributed by atoms with Crippen LogP contribution in [0.3, 0.4) is 0 Å². The van der Waals surface area contributed by atoms with Crippen molar-refractivity contribution >= 4 is 38.8 Å². The van der Waals surface area contributed by atoms with E-state index in [9.17, 15) is 13.2 Å². The molecule has 0 radical (unpaired) electrons. The minimum Gasteiger partial charge on any atom is -0.339 e. The molecule has 1 aromatic carbocycles. The van der Waals surface area contributed by atoms with Crippen LogP contribution in [0.1, 0.15) is 12.3 Å². The SMILES string of the molecule is NS(=O)(=O)Nc1cccc(NC(=O)CCc2nc(-c3cccs3)no2)c1. The van der Waals surface area contributed by atoms with Gasteiger partial charge < -0.3 is 9.84 Å². The second-order valence-electron chi connectivity index (χ2n) is 5.27. The highest BCUT2D eigenvalue weighted by molar-refractivity contribution is 7.90. The van der Waals surface area contributed by atoms with Crippen molar-refractivity contribution in [1.29, 1.82) is 0 Å². The summed E-state index contributed by atoms with van der Waals surface area (Å²) >= 11 is 1.50. The Kier molecular flexibility index (Phi) is 5.30. The van der Waals surface area contributed by atoms with Gasteiger partial charge in [0.15, 0.2) is 0 Å². The van der Waals surface area contributed by atoms with Crippen LogP contribution in [0, 0.1) is 0 Å². The van der Waals surface area contributed by atoms with Gasteiger partial charge in [0.2, 0.25) is 17.6 Å². The summed E-state index contributed by atoms with van der Waals surface area (Å²) in [5.74, 6) is 0.596. The average Bonchev–Trinajstić information content (AvgIpc) is 3.23. The number of benzene rings is 1. The Balaban J connectivity index is 1.55. The zero-order chi connectivity index (χ0) is 18.6. The number of carbonyl (C=O) groups is 1. The molecule has 0 saturated carbocycles. The molecule has 11 heteroatoms. The lowest BCUT2D eigenvalue weighted by atomic mass is 10.2. The highest BCUT2D eigenvalue weighted by Crippen LogP contribution is 2.21. The fraction of sp³-hybridized carbons (Fsp3) is 0.133. The van der Waals surface area contributed by atoms with Crippen LogP contribution in [0.2, 0.25) is 0 Å². The predicted octanol–water partition coefficient (Wildman–Crippen LogP) is 1.98. The Morgan fingerprint density at radius 3 is 2.77 bits per heavy atom. The maximum atomic E-state index is 12.1. The lowest BCUT2D eigenvalue weighted by molar-refractivity contribution is -0.116. The summed E-state index contributed by atoms with van der Waals surface area (Å²) in [5.41, 5.74) is 0.691. The van der Waals surface area contributed by atoms with Crippen molar-refractivity contribution in [2.75, 3.05) is 10.0 Å². The third kappa shape index (κ3) is 5.12. The number of nitrogens with zero attached hydrogens (tertiary/aromatic N) is 2. The fourth-order valence-electron chi connectivity index (χ4n) is 2.13. The van der Waals surface area contributed by atoms with Crippen LogP contribution >= 0.6 is 11.3 Å². The molecule has 0 atom stereocenters. The van der Waals surface area contributed by atoms with Crippen molar-refractivity contribution in [3.63, 3.8) is 0 Å². The summed E-state index contributed by atoms with van der Waals surface area (Å²) in [5, 5.41) is 13.4.